The summed E-state index contributed by atoms with van der Waals surface area (Å²) in [7, 11) is 2.71. The highest BCUT2D eigenvalue weighted by Crippen LogP contribution is 2.51. The average Bonchev–Trinajstić information content (AvgIpc) is 3.05. The van der Waals surface area contributed by atoms with Crippen molar-refractivity contribution in [3.63, 3.8) is 0 Å². The number of aromatic nitrogens is 1. The van der Waals surface area contributed by atoms with Gasteiger partial charge >= 0.3 is 0 Å². The Kier molecular flexibility index (Phi) is 5.74. The lowest BCUT2D eigenvalue weighted by atomic mass is 10.1. The van der Waals surface area contributed by atoms with E-state index in [0.29, 0.717) is 18.6 Å². The Morgan fingerprint density at radius 3 is 2.64 bits per heavy atom. The van der Waals surface area contributed by atoms with E-state index in [1.54, 1.807) is 0 Å². The van der Waals surface area contributed by atoms with Gasteiger partial charge in [-0.3, -0.25) is 4.34 Å². The van der Waals surface area contributed by atoms with E-state index in [4.69, 9.17) is 9.05 Å². The molecule has 0 radical (unpaired) electrons. The summed E-state index contributed by atoms with van der Waals surface area (Å²) in [6, 6.07) is 11.7. The lowest BCUT2D eigenvalue weighted by Crippen LogP contribution is -2.15. The average molecular weight is 404 g/mol. The number of rotatable bonds is 5. The molecule has 28 heavy (non-hydrogen) atoms. The molecule has 3 aromatic rings. The summed E-state index contributed by atoms with van der Waals surface area (Å²) >= 11 is 0. The van der Waals surface area contributed by atoms with Gasteiger partial charge in [0.25, 0.3) is 8.53 Å². The van der Waals surface area contributed by atoms with Crippen molar-refractivity contribution in [3.8, 4) is 0 Å². The SMILES string of the molecule is CN(C)CCc1cn(P2OCCC(c3cc(F)cc(F)c3)O2)c2ccccc12. The highest BCUT2D eigenvalue weighted by Gasteiger charge is 2.29. The van der Waals surface area contributed by atoms with Crippen molar-refractivity contribution in [2.75, 3.05) is 27.2 Å². The van der Waals surface area contributed by atoms with Gasteiger partial charge in [-0.1, -0.05) is 18.2 Å². The molecule has 148 valence electrons. The second-order valence-electron chi connectivity index (χ2n) is 7.23. The van der Waals surface area contributed by atoms with Crippen LogP contribution in [0.1, 0.15) is 23.7 Å². The van der Waals surface area contributed by atoms with Crippen LogP contribution < -0.4 is 0 Å². The molecular formula is C21H23F2N2O2P. The molecule has 1 aliphatic rings. The molecule has 0 aliphatic carbocycles. The van der Waals surface area contributed by atoms with E-state index in [-0.39, 0.29) is 0 Å². The van der Waals surface area contributed by atoms with Crippen molar-refractivity contribution in [1.82, 2.24) is 9.24 Å². The molecule has 2 heterocycles. The lowest BCUT2D eigenvalue weighted by molar-refractivity contribution is 0.104. The van der Waals surface area contributed by atoms with Gasteiger partial charge in [0.15, 0.2) is 0 Å². The van der Waals surface area contributed by atoms with Crippen LogP contribution in [0, 0.1) is 11.6 Å². The fourth-order valence-corrected chi connectivity index (χ4v) is 5.02. The van der Waals surface area contributed by atoms with Crippen LogP contribution in [0.15, 0.2) is 48.7 Å². The van der Waals surface area contributed by atoms with Crippen molar-refractivity contribution in [3.05, 3.63) is 71.4 Å². The molecule has 0 amide bonds. The Balaban J connectivity index is 1.64. The molecule has 7 heteroatoms. The van der Waals surface area contributed by atoms with E-state index in [1.807, 2.05) is 16.5 Å². The molecule has 0 bridgehead atoms. The first kappa shape index (κ1) is 19.5. The molecule has 4 nitrogen and oxygen atoms in total. The summed E-state index contributed by atoms with van der Waals surface area (Å²) in [5.41, 5.74) is 2.80. The van der Waals surface area contributed by atoms with Gasteiger partial charge < -0.3 is 13.9 Å². The van der Waals surface area contributed by atoms with E-state index in [9.17, 15) is 8.78 Å². The van der Waals surface area contributed by atoms with E-state index in [2.05, 4.69) is 37.3 Å². The molecule has 1 fully saturated rings. The van der Waals surface area contributed by atoms with Crippen LogP contribution in [0.4, 0.5) is 8.78 Å². The first-order valence-electron chi connectivity index (χ1n) is 9.31. The number of halogens is 2. The summed E-state index contributed by atoms with van der Waals surface area (Å²) in [6.45, 7) is 1.42. The molecule has 2 unspecified atom stereocenters. The van der Waals surface area contributed by atoms with Crippen LogP contribution in [0.3, 0.4) is 0 Å². The second kappa shape index (κ2) is 8.26. The van der Waals surface area contributed by atoms with Gasteiger partial charge in [-0.15, -0.1) is 0 Å². The van der Waals surface area contributed by atoms with Crippen molar-refractivity contribution >= 4 is 19.4 Å². The van der Waals surface area contributed by atoms with Gasteiger partial charge in [-0.25, -0.2) is 8.78 Å². The molecule has 2 aromatic carbocycles. The fourth-order valence-electron chi connectivity index (χ4n) is 3.44. The maximum absolute atomic E-state index is 13.6. The van der Waals surface area contributed by atoms with Gasteiger partial charge in [-0.05, 0) is 49.8 Å². The molecule has 0 spiro atoms. The third-order valence-electron chi connectivity index (χ3n) is 4.84. The fraction of sp³-hybridized carbons (Fsp3) is 0.333. The van der Waals surface area contributed by atoms with E-state index < -0.39 is 26.3 Å². The monoisotopic (exact) mass is 404 g/mol. The van der Waals surface area contributed by atoms with Crippen LogP contribution in [0.2, 0.25) is 0 Å². The number of benzene rings is 2. The minimum Gasteiger partial charge on any atom is -0.317 e. The minimum atomic E-state index is -1.40. The van der Waals surface area contributed by atoms with Crippen LogP contribution in [0.5, 0.6) is 0 Å². The zero-order valence-corrected chi connectivity index (χ0v) is 16.8. The maximum Gasteiger partial charge on any atom is 0.294 e. The number of nitrogens with zero attached hydrogens (tertiary/aromatic N) is 2. The van der Waals surface area contributed by atoms with Gasteiger partial charge in [0, 0.05) is 30.6 Å². The zero-order chi connectivity index (χ0) is 19.7. The Hall–Kier alpha value is -1.85. The van der Waals surface area contributed by atoms with Gasteiger partial charge in [0.1, 0.15) is 11.6 Å². The predicted octanol–water partition coefficient (Wildman–Crippen LogP) is 5.28. The third kappa shape index (κ3) is 4.11. The predicted molar refractivity (Wildman–Crippen MR) is 107 cm³/mol. The molecule has 0 N–H and O–H groups in total. The Morgan fingerprint density at radius 2 is 1.89 bits per heavy atom. The smallest absolute Gasteiger partial charge is 0.294 e. The van der Waals surface area contributed by atoms with Crippen LogP contribution in [-0.4, -0.2) is 36.5 Å². The van der Waals surface area contributed by atoms with Gasteiger partial charge in [0.2, 0.25) is 0 Å². The Morgan fingerprint density at radius 1 is 1.14 bits per heavy atom. The van der Waals surface area contributed by atoms with Crippen LogP contribution in [-0.2, 0) is 15.5 Å². The van der Waals surface area contributed by atoms with E-state index >= 15 is 0 Å². The van der Waals surface area contributed by atoms with Crippen LogP contribution >= 0.6 is 8.53 Å². The number of para-hydroxylation sites is 1. The molecule has 0 saturated carbocycles. The summed E-state index contributed by atoms with van der Waals surface area (Å²) in [5, 5.41) is 1.18. The van der Waals surface area contributed by atoms with Crippen molar-refractivity contribution < 1.29 is 17.8 Å². The number of hydrogen-bond donors (Lipinski definition) is 0. The first-order valence-corrected chi connectivity index (χ1v) is 10.4. The third-order valence-corrected chi connectivity index (χ3v) is 6.36. The van der Waals surface area contributed by atoms with Crippen molar-refractivity contribution in [1.29, 1.82) is 0 Å². The highest BCUT2D eigenvalue weighted by molar-refractivity contribution is 7.45. The lowest BCUT2D eigenvalue weighted by Gasteiger charge is -2.30. The summed E-state index contributed by atoms with van der Waals surface area (Å²) in [6.07, 6.45) is 3.18. The van der Waals surface area contributed by atoms with E-state index in [0.717, 1.165) is 24.5 Å². The minimum absolute atomic E-state index is 0.392. The zero-order valence-electron chi connectivity index (χ0n) is 15.9. The summed E-state index contributed by atoms with van der Waals surface area (Å²) in [4.78, 5) is 2.15. The topological polar surface area (TPSA) is 26.6 Å². The second-order valence-corrected chi connectivity index (χ2v) is 8.60. The Bertz CT molecular complexity index is 956. The summed E-state index contributed by atoms with van der Waals surface area (Å²) < 4.78 is 41.4. The first-order chi connectivity index (χ1) is 13.5. The van der Waals surface area contributed by atoms with Crippen molar-refractivity contribution in [2.24, 2.45) is 0 Å². The molecule has 2 atom stereocenters. The summed E-state index contributed by atoms with van der Waals surface area (Å²) in [5.74, 6) is -1.18. The van der Waals surface area contributed by atoms with E-state index in [1.165, 1.54) is 23.1 Å². The maximum atomic E-state index is 13.6. The van der Waals surface area contributed by atoms with Crippen LogP contribution in [0.25, 0.3) is 10.9 Å². The van der Waals surface area contributed by atoms with Crippen molar-refractivity contribution in [2.45, 2.75) is 18.9 Å². The number of hydrogen-bond acceptors (Lipinski definition) is 3. The molecular weight excluding hydrogens is 381 g/mol. The molecule has 1 aliphatic heterocycles. The molecule has 4 rings (SSSR count). The molecule has 1 saturated heterocycles. The van der Waals surface area contributed by atoms with Gasteiger partial charge in [0.05, 0.1) is 18.2 Å². The highest BCUT2D eigenvalue weighted by atomic mass is 31.2. The number of likely N-dealkylation sites (N-methyl/N-ethyl adjacent to an activating group) is 1. The van der Waals surface area contributed by atoms with Gasteiger partial charge in [-0.2, -0.15) is 0 Å². The normalized spacial score (nSPS) is 20.2. The quantitative estimate of drug-likeness (QED) is 0.542. The number of fused-ring (bicyclic) bond motifs is 1. The molecule has 1 aromatic heterocycles. The standard InChI is InChI=1S/C21H23F2N2O2P/c1-24(2)9-7-15-14-25(20-6-4-3-5-19(15)20)28-26-10-8-21(27-28)16-11-17(22)13-18(23)12-16/h3-6,11-14,21H,7-10H2,1-2H3. The Labute approximate surface area is 164 Å². The largest absolute Gasteiger partial charge is 0.317 e.